The van der Waals surface area contributed by atoms with E-state index in [9.17, 15) is 14.7 Å². The van der Waals surface area contributed by atoms with Crippen LogP contribution in [0.2, 0.25) is 0 Å². The highest BCUT2D eigenvalue weighted by Gasteiger charge is 2.72. The third-order valence-electron chi connectivity index (χ3n) is 15.1. The summed E-state index contributed by atoms with van der Waals surface area (Å²) in [5.41, 5.74) is -1.10. The molecule has 272 valence electrons. The van der Waals surface area contributed by atoms with Crippen LogP contribution in [-0.2, 0) is 23.8 Å². The second-order valence-corrected chi connectivity index (χ2v) is 18.6. The van der Waals surface area contributed by atoms with E-state index >= 15 is 0 Å². The SMILES string of the molecule is CCCCC(=O)O[C@H]1CC[C@]2(C)[C@H]3C[C@@H](OC(=O)CCCC)[C@@H]4[C@@H]([C@](C)(O)CCCC(C)(C)OC)CC[C@@]4(C)[C@]3(C)CC[C@H]2C1(C)C. The average molecular weight is 661 g/mol. The molecule has 0 bridgehead atoms. The number of esters is 2. The maximum atomic E-state index is 13.4. The molecule has 0 unspecified atom stereocenters. The number of ether oxygens (including phenoxy) is 3. The molecular formula is C41H72O6. The van der Waals surface area contributed by atoms with Gasteiger partial charge in [0, 0.05) is 31.3 Å². The zero-order chi connectivity index (χ0) is 35.1. The molecule has 0 aliphatic heterocycles. The van der Waals surface area contributed by atoms with Gasteiger partial charge in [-0.05, 0) is 132 Å². The molecule has 0 aromatic rings. The van der Waals surface area contributed by atoms with Crippen molar-refractivity contribution in [3.63, 3.8) is 0 Å². The first kappa shape index (κ1) is 38.7. The van der Waals surface area contributed by atoms with E-state index in [0.29, 0.717) is 24.7 Å². The van der Waals surface area contributed by atoms with Crippen LogP contribution in [0.15, 0.2) is 0 Å². The Kier molecular flexibility index (Phi) is 11.7. The molecule has 6 heteroatoms. The molecule has 0 aromatic carbocycles. The topological polar surface area (TPSA) is 82.1 Å². The smallest absolute Gasteiger partial charge is 0.306 e. The lowest BCUT2D eigenvalue weighted by molar-refractivity contribution is -0.253. The Morgan fingerprint density at radius 1 is 0.766 bits per heavy atom. The van der Waals surface area contributed by atoms with E-state index in [0.717, 1.165) is 89.9 Å². The van der Waals surface area contributed by atoms with Crippen LogP contribution in [0.4, 0.5) is 0 Å². The fraction of sp³-hybridized carbons (Fsp3) is 0.951. The highest BCUT2D eigenvalue weighted by atomic mass is 16.5. The Bertz CT molecular complexity index is 1100. The van der Waals surface area contributed by atoms with E-state index < -0.39 is 5.60 Å². The minimum Gasteiger partial charge on any atom is -0.462 e. The first-order valence-corrected chi connectivity index (χ1v) is 19.5. The summed E-state index contributed by atoms with van der Waals surface area (Å²) in [5.74, 6) is 0.906. The van der Waals surface area contributed by atoms with Crippen molar-refractivity contribution in [2.24, 2.45) is 45.3 Å². The minimum atomic E-state index is -0.841. The largest absolute Gasteiger partial charge is 0.462 e. The summed E-state index contributed by atoms with van der Waals surface area (Å²) in [4.78, 5) is 26.2. The summed E-state index contributed by atoms with van der Waals surface area (Å²) >= 11 is 0. The van der Waals surface area contributed by atoms with Gasteiger partial charge in [-0.2, -0.15) is 0 Å². The van der Waals surface area contributed by atoms with E-state index in [2.05, 4.69) is 69.2 Å². The third kappa shape index (κ3) is 7.22. The average Bonchev–Trinajstić information content (AvgIpc) is 3.37. The molecule has 0 heterocycles. The number of carbonyl (C=O) groups is 2. The molecular weight excluding hydrogens is 588 g/mol. The van der Waals surface area contributed by atoms with Crippen molar-refractivity contribution in [1.29, 1.82) is 0 Å². The summed E-state index contributed by atoms with van der Waals surface area (Å²) < 4.78 is 18.5. The van der Waals surface area contributed by atoms with Crippen molar-refractivity contribution in [3.05, 3.63) is 0 Å². The van der Waals surface area contributed by atoms with Gasteiger partial charge in [0.1, 0.15) is 12.2 Å². The fourth-order valence-corrected chi connectivity index (χ4v) is 12.0. The molecule has 6 nitrogen and oxygen atoms in total. The van der Waals surface area contributed by atoms with E-state index in [1.54, 1.807) is 7.11 Å². The van der Waals surface area contributed by atoms with Crippen molar-refractivity contribution in [3.8, 4) is 0 Å². The molecule has 4 aliphatic rings. The van der Waals surface area contributed by atoms with Gasteiger partial charge < -0.3 is 19.3 Å². The van der Waals surface area contributed by atoms with E-state index in [4.69, 9.17) is 14.2 Å². The molecule has 0 radical (unpaired) electrons. The first-order chi connectivity index (χ1) is 21.8. The molecule has 4 rings (SSSR count). The van der Waals surface area contributed by atoms with Crippen molar-refractivity contribution in [2.45, 2.75) is 195 Å². The highest BCUT2D eigenvalue weighted by Crippen LogP contribution is 2.76. The number of hydrogen-bond acceptors (Lipinski definition) is 6. The Morgan fingerprint density at radius 3 is 1.96 bits per heavy atom. The zero-order valence-corrected chi connectivity index (χ0v) is 32.3. The number of methoxy groups -OCH3 is 1. The Morgan fingerprint density at radius 2 is 1.36 bits per heavy atom. The Hall–Kier alpha value is -1.14. The fourth-order valence-electron chi connectivity index (χ4n) is 12.0. The van der Waals surface area contributed by atoms with Crippen molar-refractivity contribution >= 4 is 11.9 Å². The van der Waals surface area contributed by atoms with Gasteiger partial charge in [-0.1, -0.05) is 61.3 Å². The molecule has 1 N–H and O–H groups in total. The van der Waals surface area contributed by atoms with Crippen LogP contribution in [0.1, 0.15) is 172 Å². The van der Waals surface area contributed by atoms with Crippen LogP contribution in [0, 0.1) is 45.3 Å². The lowest BCUT2D eigenvalue weighted by Gasteiger charge is -2.70. The Labute approximate surface area is 288 Å². The number of carbonyl (C=O) groups excluding carboxylic acids is 2. The second kappa shape index (κ2) is 14.2. The standard InChI is InChI=1S/C41H72O6/c1-12-14-17-33(42)46-29-27-31-38(7)24-21-32(47-34(43)18-15-13-2)37(5,6)30(38)20-26-39(31,8)40(9)25-19-28(35(29)40)41(10,44)23-16-22-36(3,4)45-11/h28-32,35,44H,12-27H2,1-11H3/t28-,29+,30-,31+,32-,35-,38-,39+,40+,41+/m0/s1. The van der Waals surface area contributed by atoms with E-state index in [1.165, 1.54) is 0 Å². The van der Waals surface area contributed by atoms with Gasteiger partial charge in [-0.3, -0.25) is 9.59 Å². The summed E-state index contributed by atoms with van der Waals surface area (Å²) in [6.07, 6.45) is 14.0. The number of aliphatic hydroxyl groups is 1. The van der Waals surface area contributed by atoms with Crippen LogP contribution >= 0.6 is 0 Å². The molecule has 0 aromatic heterocycles. The number of hydrogen-bond donors (Lipinski definition) is 1. The third-order valence-corrected chi connectivity index (χ3v) is 15.1. The van der Waals surface area contributed by atoms with E-state index in [-0.39, 0.29) is 63.2 Å². The quantitative estimate of drug-likeness (QED) is 0.187. The highest BCUT2D eigenvalue weighted by molar-refractivity contribution is 5.70. The number of rotatable bonds is 14. The van der Waals surface area contributed by atoms with Crippen LogP contribution < -0.4 is 0 Å². The molecule has 4 aliphatic carbocycles. The predicted octanol–water partition coefficient (Wildman–Crippen LogP) is 9.83. The van der Waals surface area contributed by atoms with Crippen LogP contribution in [0.3, 0.4) is 0 Å². The Balaban J connectivity index is 1.66. The summed E-state index contributed by atoms with van der Waals surface area (Å²) in [7, 11) is 1.76. The molecule has 47 heavy (non-hydrogen) atoms. The van der Waals surface area contributed by atoms with Gasteiger partial charge in [0.05, 0.1) is 11.2 Å². The van der Waals surface area contributed by atoms with Crippen LogP contribution in [0.25, 0.3) is 0 Å². The number of fused-ring (bicyclic) bond motifs is 5. The molecule has 0 spiro atoms. The summed E-state index contributed by atoms with van der Waals surface area (Å²) in [5, 5.41) is 12.2. The summed E-state index contributed by atoms with van der Waals surface area (Å²) in [6, 6.07) is 0. The van der Waals surface area contributed by atoms with Gasteiger partial charge in [-0.15, -0.1) is 0 Å². The van der Waals surface area contributed by atoms with Crippen molar-refractivity contribution < 1.29 is 28.9 Å². The monoisotopic (exact) mass is 661 g/mol. The van der Waals surface area contributed by atoms with Gasteiger partial charge in [0.15, 0.2) is 0 Å². The van der Waals surface area contributed by atoms with Crippen molar-refractivity contribution in [1.82, 2.24) is 0 Å². The lowest BCUT2D eigenvalue weighted by Crippen LogP contribution is -2.67. The van der Waals surface area contributed by atoms with Gasteiger partial charge >= 0.3 is 11.9 Å². The minimum absolute atomic E-state index is 0.0453. The first-order valence-electron chi connectivity index (χ1n) is 19.5. The molecule has 0 saturated heterocycles. The van der Waals surface area contributed by atoms with E-state index in [1.807, 2.05) is 0 Å². The number of unbranched alkanes of at least 4 members (excludes halogenated alkanes) is 2. The normalized spacial score (nSPS) is 39.2. The zero-order valence-electron chi connectivity index (χ0n) is 32.3. The maximum absolute atomic E-state index is 13.4. The second-order valence-electron chi connectivity index (χ2n) is 18.6. The van der Waals surface area contributed by atoms with Gasteiger partial charge in [0.2, 0.25) is 0 Å². The van der Waals surface area contributed by atoms with Crippen LogP contribution in [0.5, 0.6) is 0 Å². The molecule has 4 saturated carbocycles. The molecule has 0 amide bonds. The lowest BCUT2D eigenvalue weighted by atomic mass is 9.35. The maximum Gasteiger partial charge on any atom is 0.306 e. The molecule has 10 atom stereocenters. The summed E-state index contributed by atoms with van der Waals surface area (Å²) in [6.45, 7) is 22.8. The van der Waals surface area contributed by atoms with Crippen molar-refractivity contribution in [2.75, 3.05) is 7.11 Å². The molecule has 4 fully saturated rings. The predicted molar refractivity (Wildman–Crippen MR) is 189 cm³/mol. The van der Waals surface area contributed by atoms with Gasteiger partial charge in [0.25, 0.3) is 0 Å². The van der Waals surface area contributed by atoms with Gasteiger partial charge in [-0.25, -0.2) is 0 Å². The van der Waals surface area contributed by atoms with Crippen LogP contribution in [-0.4, -0.2) is 47.6 Å².